The zero-order valence-electron chi connectivity index (χ0n) is 13.4. The van der Waals surface area contributed by atoms with Crippen LogP contribution in [-0.2, 0) is 19.2 Å². The highest BCUT2D eigenvalue weighted by Gasteiger charge is 2.23. The molecule has 3 amide bonds. The summed E-state index contributed by atoms with van der Waals surface area (Å²) in [6.45, 7) is 2.35. The predicted molar refractivity (Wildman–Crippen MR) is 86.8 cm³/mol. The van der Waals surface area contributed by atoms with E-state index in [1.54, 1.807) is 11.8 Å². The maximum absolute atomic E-state index is 11.9. The Hall–Kier alpha value is -1.81. The molecule has 0 heterocycles. The lowest BCUT2D eigenvalue weighted by Crippen LogP contribution is -2.54. The largest absolute Gasteiger partial charge is 0.480 e. The summed E-state index contributed by atoms with van der Waals surface area (Å²) in [5, 5.41) is 15.5. The Bertz CT molecular complexity index is 446. The number of hydrogen-bond donors (Lipinski definition) is 5. The molecule has 0 aliphatic heterocycles. The van der Waals surface area contributed by atoms with E-state index in [9.17, 15) is 19.2 Å². The second-order valence-corrected chi connectivity index (χ2v) is 5.95. The molecule has 0 spiro atoms. The predicted octanol–water partition coefficient (Wildman–Crippen LogP) is -1.72. The SMILES string of the molecule is CSCCC(N)C(=O)NC(C)C(=O)NC(C)C(=O)NCC(=O)O. The second kappa shape index (κ2) is 10.8. The molecule has 0 aliphatic carbocycles. The van der Waals surface area contributed by atoms with Crippen molar-refractivity contribution in [2.75, 3.05) is 18.6 Å². The van der Waals surface area contributed by atoms with Gasteiger partial charge in [-0.25, -0.2) is 0 Å². The third-order valence-corrected chi connectivity index (χ3v) is 3.53. The van der Waals surface area contributed by atoms with E-state index in [1.807, 2.05) is 6.26 Å². The topological polar surface area (TPSA) is 151 Å². The first-order valence-electron chi connectivity index (χ1n) is 7.03. The van der Waals surface area contributed by atoms with E-state index in [1.165, 1.54) is 13.8 Å². The van der Waals surface area contributed by atoms with Crippen LogP contribution in [0.5, 0.6) is 0 Å². The van der Waals surface area contributed by atoms with Crippen molar-refractivity contribution in [2.24, 2.45) is 5.73 Å². The van der Waals surface area contributed by atoms with Gasteiger partial charge in [-0.1, -0.05) is 0 Å². The van der Waals surface area contributed by atoms with E-state index >= 15 is 0 Å². The van der Waals surface area contributed by atoms with E-state index < -0.39 is 48.4 Å². The first kappa shape index (κ1) is 21.2. The van der Waals surface area contributed by atoms with E-state index in [4.69, 9.17) is 10.8 Å². The Labute approximate surface area is 139 Å². The number of carboxylic acid groups (broad SMARTS) is 1. The van der Waals surface area contributed by atoms with Gasteiger partial charge >= 0.3 is 5.97 Å². The quantitative estimate of drug-likeness (QED) is 0.315. The molecule has 23 heavy (non-hydrogen) atoms. The maximum atomic E-state index is 11.9. The molecule has 9 nitrogen and oxygen atoms in total. The smallest absolute Gasteiger partial charge is 0.322 e. The average Bonchev–Trinajstić information content (AvgIpc) is 2.49. The third kappa shape index (κ3) is 9.04. The Balaban J connectivity index is 4.30. The van der Waals surface area contributed by atoms with Crippen LogP contribution in [0.25, 0.3) is 0 Å². The fourth-order valence-electron chi connectivity index (χ4n) is 1.48. The van der Waals surface area contributed by atoms with Crippen LogP contribution in [-0.4, -0.2) is 65.5 Å². The number of thioether (sulfide) groups is 1. The molecule has 0 aromatic carbocycles. The van der Waals surface area contributed by atoms with Crippen LogP contribution in [0.3, 0.4) is 0 Å². The summed E-state index contributed by atoms with van der Waals surface area (Å²) in [5.41, 5.74) is 5.69. The molecular weight excluding hydrogens is 324 g/mol. The lowest BCUT2D eigenvalue weighted by molar-refractivity contribution is -0.138. The summed E-state index contributed by atoms with van der Waals surface area (Å²) < 4.78 is 0. The van der Waals surface area contributed by atoms with Gasteiger partial charge in [-0.05, 0) is 32.3 Å². The maximum Gasteiger partial charge on any atom is 0.322 e. The molecule has 0 aliphatic rings. The van der Waals surface area contributed by atoms with Crippen molar-refractivity contribution in [1.29, 1.82) is 0 Å². The van der Waals surface area contributed by atoms with Gasteiger partial charge in [-0.15, -0.1) is 0 Å². The summed E-state index contributed by atoms with van der Waals surface area (Å²) in [4.78, 5) is 45.6. The average molecular weight is 348 g/mol. The fraction of sp³-hybridized carbons (Fsp3) is 0.692. The highest BCUT2D eigenvalue weighted by Crippen LogP contribution is 1.99. The molecule has 0 saturated carbocycles. The molecule has 3 unspecified atom stereocenters. The molecule has 0 radical (unpaired) electrons. The van der Waals surface area contributed by atoms with E-state index in [-0.39, 0.29) is 0 Å². The van der Waals surface area contributed by atoms with E-state index in [2.05, 4.69) is 16.0 Å². The first-order chi connectivity index (χ1) is 10.7. The summed E-state index contributed by atoms with van der Waals surface area (Å²) in [6.07, 6.45) is 2.40. The van der Waals surface area contributed by atoms with Gasteiger partial charge in [-0.2, -0.15) is 11.8 Å². The number of carbonyl (C=O) groups excluding carboxylic acids is 3. The van der Waals surface area contributed by atoms with Crippen LogP contribution >= 0.6 is 11.8 Å². The van der Waals surface area contributed by atoms with Crippen LogP contribution in [0.4, 0.5) is 0 Å². The van der Waals surface area contributed by atoms with Gasteiger partial charge < -0.3 is 26.8 Å². The zero-order chi connectivity index (χ0) is 18.0. The number of nitrogens with two attached hydrogens (primary N) is 1. The normalized spacial score (nSPS) is 14.3. The standard InChI is InChI=1S/C13H24N4O5S/c1-7(11(20)15-6-10(18)19)16-12(21)8(2)17-13(22)9(14)4-5-23-3/h7-9H,4-6,14H2,1-3H3,(H,15,20)(H,16,21)(H,17,22)(H,18,19). The van der Waals surface area contributed by atoms with Gasteiger partial charge in [0, 0.05) is 0 Å². The monoisotopic (exact) mass is 348 g/mol. The number of carboxylic acids is 1. The van der Waals surface area contributed by atoms with Crippen molar-refractivity contribution < 1.29 is 24.3 Å². The molecule has 10 heteroatoms. The minimum absolute atomic E-state index is 0.440. The number of carbonyl (C=O) groups is 4. The number of hydrogen-bond acceptors (Lipinski definition) is 6. The Kier molecular flexibility index (Phi) is 9.99. The third-order valence-electron chi connectivity index (χ3n) is 2.89. The van der Waals surface area contributed by atoms with Crippen molar-refractivity contribution >= 4 is 35.5 Å². The van der Waals surface area contributed by atoms with Gasteiger partial charge in [0.25, 0.3) is 0 Å². The molecule has 132 valence electrons. The van der Waals surface area contributed by atoms with Crippen molar-refractivity contribution in [1.82, 2.24) is 16.0 Å². The van der Waals surface area contributed by atoms with Crippen molar-refractivity contribution in [3.05, 3.63) is 0 Å². The number of aliphatic carboxylic acids is 1. The van der Waals surface area contributed by atoms with Crippen molar-refractivity contribution in [3.63, 3.8) is 0 Å². The Morgan fingerprint density at radius 2 is 1.57 bits per heavy atom. The molecule has 0 aromatic heterocycles. The Morgan fingerprint density at radius 3 is 2.09 bits per heavy atom. The highest BCUT2D eigenvalue weighted by molar-refractivity contribution is 7.98. The summed E-state index contributed by atoms with van der Waals surface area (Å²) in [6, 6.07) is -2.49. The van der Waals surface area contributed by atoms with Gasteiger partial charge in [0.2, 0.25) is 17.7 Å². The molecule has 3 atom stereocenters. The van der Waals surface area contributed by atoms with Gasteiger partial charge in [0.15, 0.2) is 0 Å². The zero-order valence-corrected chi connectivity index (χ0v) is 14.2. The van der Waals surface area contributed by atoms with Gasteiger partial charge in [0.05, 0.1) is 6.04 Å². The van der Waals surface area contributed by atoms with Crippen LogP contribution in [0.1, 0.15) is 20.3 Å². The van der Waals surface area contributed by atoms with Gasteiger partial charge in [0.1, 0.15) is 18.6 Å². The summed E-state index contributed by atoms with van der Waals surface area (Å²) in [5.74, 6) is -2.08. The summed E-state index contributed by atoms with van der Waals surface area (Å²) >= 11 is 1.57. The highest BCUT2D eigenvalue weighted by atomic mass is 32.2. The molecule has 6 N–H and O–H groups in total. The Morgan fingerprint density at radius 1 is 1.04 bits per heavy atom. The number of nitrogens with one attached hydrogen (secondary N) is 3. The molecule has 0 aromatic rings. The molecular formula is C13H24N4O5S. The molecule has 0 saturated heterocycles. The molecule has 0 rings (SSSR count). The number of rotatable bonds is 10. The minimum Gasteiger partial charge on any atom is -0.480 e. The van der Waals surface area contributed by atoms with Crippen LogP contribution in [0.15, 0.2) is 0 Å². The van der Waals surface area contributed by atoms with Gasteiger partial charge in [-0.3, -0.25) is 19.2 Å². The lowest BCUT2D eigenvalue weighted by atomic mass is 10.2. The summed E-state index contributed by atoms with van der Waals surface area (Å²) in [7, 11) is 0. The number of amides is 3. The van der Waals surface area contributed by atoms with E-state index in [0.717, 1.165) is 5.75 Å². The minimum atomic E-state index is -1.18. The molecule has 0 bridgehead atoms. The lowest BCUT2D eigenvalue weighted by Gasteiger charge is -2.19. The van der Waals surface area contributed by atoms with Crippen LogP contribution < -0.4 is 21.7 Å². The van der Waals surface area contributed by atoms with E-state index in [0.29, 0.717) is 6.42 Å². The van der Waals surface area contributed by atoms with Crippen molar-refractivity contribution in [2.45, 2.75) is 38.4 Å². The first-order valence-corrected chi connectivity index (χ1v) is 8.43. The van der Waals surface area contributed by atoms with Crippen molar-refractivity contribution in [3.8, 4) is 0 Å². The molecule has 0 fully saturated rings. The second-order valence-electron chi connectivity index (χ2n) is 4.96. The fourth-order valence-corrected chi connectivity index (χ4v) is 1.97. The van der Waals surface area contributed by atoms with Crippen LogP contribution in [0.2, 0.25) is 0 Å². The van der Waals surface area contributed by atoms with Crippen LogP contribution in [0, 0.1) is 0 Å².